The molecule has 5 heteroatoms. The van der Waals surface area contributed by atoms with E-state index < -0.39 is 10.8 Å². The molecule has 2 nitrogen and oxygen atoms in total. The van der Waals surface area contributed by atoms with Crippen LogP contribution in [-0.2, 0) is 10.8 Å². The summed E-state index contributed by atoms with van der Waals surface area (Å²) in [6, 6.07) is 4.31. The number of rotatable bonds is 6. The van der Waals surface area contributed by atoms with Gasteiger partial charge >= 0.3 is 0 Å². The monoisotopic (exact) mass is 265 g/mol. The Labute approximate surface area is 102 Å². The van der Waals surface area contributed by atoms with Gasteiger partial charge in [0, 0.05) is 40.3 Å². The van der Waals surface area contributed by atoms with Crippen LogP contribution >= 0.6 is 22.9 Å². The van der Waals surface area contributed by atoms with Crippen LogP contribution in [0.2, 0.25) is 4.34 Å². The first kappa shape index (κ1) is 13.2. The average molecular weight is 266 g/mol. The molecule has 0 saturated carbocycles. The van der Waals surface area contributed by atoms with Gasteiger partial charge < -0.3 is 5.32 Å². The van der Waals surface area contributed by atoms with Gasteiger partial charge in [0.15, 0.2) is 0 Å². The fraction of sp³-hybridized carbons (Fsp3) is 0.600. The van der Waals surface area contributed by atoms with Crippen LogP contribution in [-0.4, -0.2) is 22.8 Å². The van der Waals surface area contributed by atoms with E-state index in [0.717, 1.165) is 17.3 Å². The Morgan fingerprint density at radius 1 is 1.60 bits per heavy atom. The number of nitrogens with one attached hydrogen (secondary N) is 1. The molecule has 2 atom stereocenters. The van der Waals surface area contributed by atoms with Gasteiger partial charge in [-0.3, -0.25) is 4.21 Å². The lowest BCUT2D eigenvalue weighted by atomic mass is 10.2. The van der Waals surface area contributed by atoms with Gasteiger partial charge in [-0.05, 0) is 18.6 Å². The second-order valence-corrected chi connectivity index (χ2v) is 6.64. The SMILES string of the molecule is CCC(NCCS(C)=O)c1ccc(Cl)s1. The molecule has 0 spiro atoms. The van der Waals surface area contributed by atoms with Crippen molar-refractivity contribution in [2.75, 3.05) is 18.6 Å². The van der Waals surface area contributed by atoms with E-state index in [2.05, 4.69) is 18.3 Å². The molecule has 0 aliphatic heterocycles. The van der Waals surface area contributed by atoms with Gasteiger partial charge in [-0.1, -0.05) is 18.5 Å². The predicted octanol–water partition coefficient (Wildman–Crippen LogP) is 2.82. The Morgan fingerprint density at radius 3 is 2.80 bits per heavy atom. The Hall–Kier alpha value is 0.1000. The minimum atomic E-state index is -0.720. The van der Waals surface area contributed by atoms with E-state index in [1.807, 2.05) is 6.07 Å². The van der Waals surface area contributed by atoms with Crippen molar-refractivity contribution in [3.63, 3.8) is 0 Å². The molecule has 0 amide bonds. The number of halogens is 1. The van der Waals surface area contributed by atoms with Gasteiger partial charge in [-0.2, -0.15) is 0 Å². The minimum Gasteiger partial charge on any atom is -0.308 e. The standard InChI is InChI=1S/C10H16ClNOS2/c1-3-8(12-6-7-15(2)13)9-4-5-10(11)14-9/h4-5,8,12H,3,6-7H2,1-2H3. The number of thiophene rings is 1. The van der Waals surface area contributed by atoms with Crippen LogP contribution in [0.15, 0.2) is 12.1 Å². The second-order valence-electron chi connectivity index (χ2n) is 3.33. The van der Waals surface area contributed by atoms with Crippen molar-refractivity contribution in [2.24, 2.45) is 0 Å². The molecule has 1 aromatic heterocycles. The van der Waals surface area contributed by atoms with Crippen molar-refractivity contribution in [3.8, 4) is 0 Å². The van der Waals surface area contributed by atoms with Crippen molar-refractivity contribution in [1.29, 1.82) is 0 Å². The summed E-state index contributed by atoms with van der Waals surface area (Å²) in [7, 11) is -0.720. The molecule has 0 saturated heterocycles. The number of hydrogen-bond acceptors (Lipinski definition) is 3. The summed E-state index contributed by atoms with van der Waals surface area (Å²) in [4.78, 5) is 1.25. The van der Waals surface area contributed by atoms with E-state index in [1.165, 1.54) is 4.88 Å². The Bertz CT molecular complexity index is 327. The van der Waals surface area contributed by atoms with Gasteiger partial charge in [-0.15, -0.1) is 11.3 Å². The molecule has 1 aromatic rings. The highest BCUT2D eigenvalue weighted by Crippen LogP contribution is 2.28. The first-order valence-electron chi connectivity index (χ1n) is 4.92. The molecule has 0 radical (unpaired) electrons. The van der Waals surface area contributed by atoms with Crippen LogP contribution in [0.3, 0.4) is 0 Å². The largest absolute Gasteiger partial charge is 0.308 e. The van der Waals surface area contributed by atoms with Gasteiger partial charge in [0.2, 0.25) is 0 Å². The molecule has 15 heavy (non-hydrogen) atoms. The van der Waals surface area contributed by atoms with Crippen LogP contribution in [0.1, 0.15) is 24.3 Å². The summed E-state index contributed by atoms with van der Waals surface area (Å²) in [5.41, 5.74) is 0. The molecule has 0 aliphatic rings. The van der Waals surface area contributed by atoms with E-state index in [0.29, 0.717) is 11.8 Å². The van der Waals surface area contributed by atoms with Crippen molar-refractivity contribution >= 4 is 33.7 Å². The van der Waals surface area contributed by atoms with Crippen molar-refractivity contribution in [3.05, 3.63) is 21.3 Å². The third kappa shape index (κ3) is 4.64. The fourth-order valence-corrected chi connectivity index (χ4v) is 2.96. The van der Waals surface area contributed by atoms with Crippen molar-refractivity contribution in [2.45, 2.75) is 19.4 Å². The lowest BCUT2D eigenvalue weighted by Crippen LogP contribution is -2.24. The zero-order chi connectivity index (χ0) is 11.3. The fourth-order valence-electron chi connectivity index (χ4n) is 1.34. The minimum absolute atomic E-state index is 0.339. The molecular formula is C10H16ClNOS2. The summed E-state index contributed by atoms with van der Waals surface area (Å²) in [5.74, 6) is 0.704. The van der Waals surface area contributed by atoms with Crippen molar-refractivity contribution in [1.82, 2.24) is 5.32 Å². The first-order chi connectivity index (χ1) is 7.13. The Morgan fingerprint density at radius 2 is 2.33 bits per heavy atom. The highest BCUT2D eigenvalue weighted by atomic mass is 35.5. The van der Waals surface area contributed by atoms with Crippen LogP contribution in [0, 0.1) is 0 Å². The Balaban J connectivity index is 2.45. The normalized spacial score (nSPS) is 15.1. The van der Waals surface area contributed by atoms with Gasteiger partial charge in [0.1, 0.15) is 0 Å². The molecule has 1 rings (SSSR count). The summed E-state index contributed by atoms with van der Waals surface area (Å²) < 4.78 is 11.7. The maximum atomic E-state index is 10.9. The van der Waals surface area contributed by atoms with E-state index >= 15 is 0 Å². The molecule has 0 bridgehead atoms. The number of hydrogen-bond donors (Lipinski definition) is 1. The van der Waals surface area contributed by atoms with E-state index in [1.54, 1.807) is 17.6 Å². The third-order valence-corrected chi connectivity index (χ3v) is 4.25. The van der Waals surface area contributed by atoms with Crippen LogP contribution in [0.4, 0.5) is 0 Å². The molecule has 2 unspecified atom stereocenters. The molecule has 0 aliphatic carbocycles. The average Bonchev–Trinajstić information content (AvgIpc) is 2.59. The van der Waals surface area contributed by atoms with E-state index in [9.17, 15) is 4.21 Å². The lowest BCUT2D eigenvalue weighted by molar-refractivity contribution is 0.546. The van der Waals surface area contributed by atoms with Crippen LogP contribution in [0.25, 0.3) is 0 Å². The van der Waals surface area contributed by atoms with Crippen molar-refractivity contribution < 1.29 is 4.21 Å². The maximum Gasteiger partial charge on any atom is 0.0931 e. The van der Waals surface area contributed by atoms with Crippen LogP contribution in [0.5, 0.6) is 0 Å². The highest BCUT2D eigenvalue weighted by molar-refractivity contribution is 7.84. The second kappa shape index (κ2) is 6.63. The van der Waals surface area contributed by atoms with Gasteiger partial charge in [0.25, 0.3) is 0 Å². The van der Waals surface area contributed by atoms with Crippen LogP contribution < -0.4 is 5.32 Å². The maximum absolute atomic E-state index is 10.9. The molecule has 0 fully saturated rings. The topological polar surface area (TPSA) is 29.1 Å². The quantitative estimate of drug-likeness (QED) is 0.857. The third-order valence-electron chi connectivity index (χ3n) is 2.13. The Kier molecular flexibility index (Phi) is 5.82. The summed E-state index contributed by atoms with van der Waals surface area (Å²) in [6.45, 7) is 2.92. The van der Waals surface area contributed by atoms with Gasteiger partial charge in [0.05, 0.1) is 4.34 Å². The van der Waals surface area contributed by atoms with Gasteiger partial charge in [-0.25, -0.2) is 0 Å². The molecule has 1 heterocycles. The zero-order valence-electron chi connectivity index (χ0n) is 8.96. The van der Waals surface area contributed by atoms with E-state index in [4.69, 9.17) is 11.6 Å². The summed E-state index contributed by atoms with van der Waals surface area (Å²) in [5, 5.41) is 3.39. The predicted molar refractivity (Wildman–Crippen MR) is 69.3 cm³/mol. The first-order valence-corrected chi connectivity index (χ1v) is 7.84. The lowest BCUT2D eigenvalue weighted by Gasteiger charge is -2.14. The highest BCUT2D eigenvalue weighted by Gasteiger charge is 2.10. The molecule has 86 valence electrons. The summed E-state index contributed by atoms with van der Waals surface area (Å²) >= 11 is 7.49. The van der Waals surface area contributed by atoms with E-state index in [-0.39, 0.29) is 0 Å². The molecular weight excluding hydrogens is 250 g/mol. The zero-order valence-corrected chi connectivity index (χ0v) is 11.3. The molecule has 1 N–H and O–H groups in total. The summed E-state index contributed by atoms with van der Waals surface area (Å²) in [6.07, 6.45) is 2.75. The molecule has 0 aromatic carbocycles. The smallest absolute Gasteiger partial charge is 0.0931 e.